The number of aromatic nitrogens is 2. The molecule has 0 atom stereocenters. The topological polar surface area (TPSA) is 29.9 Å². The van der Waals surface area contributed by atoms with Gasteiger partial charge in [-0.15, -0.1) is 0 Å². The fourth-order valence-corrected chi connectivity index (χ4v) is 2.21. The molecule has 0 aliphatic carbocycles. The van der Waals surface area contributed by atoms with Crippen LogP contribution in [0.3, 0.4) is 0 Å². The molecule has 5 heteroatoms. The summed E-state index contributed by atoms with van der Waals surface area (Å²) < 4.78 is 2.93. The van der Waals surface area contributed by atoms with Crippen molar-refractivity contribution in [3.8, 4) is 5.69 Å². The summed E-state index contributed by atoms with van der Waals surface area (Å²) in [6.45, 7) is 5.02. The lowest BCUT2D eigenvalue weighted by molar-refractivity contribution is 0.589. The minimum Gasteiger partial charge on any atom is -0.310 e. The smallest absolute Gasteiger partial charge is 0.0661 e. The van der Waals surface area contributed by atoms with Crippen molar-refractivity contribution in [2.24, 2.45) is 0 Å². The summed E-state index contributed by atoms with van der Waals surface area (Å²) in [6.07, 6.45) is 3.79. The highest BCUT2D eigenvalue weighted by Gasteiger charge is 2.05. The van der Waals surface area contributed by atoms with Crippen LogP contribution in [0.5, 0.6) is 0 Å². The first-order valence-electron chi connectivity index (χ1n) is 5.78. The van der Waals surface area contributed by atoms with Gasteiger partial charge in [0.15, 0.2) is 0 Å². The van der Waals surface area contributed by atoms with E-state index in [9.17, 15) is 0 Å². The maximum absolute atomic E-state index is 6.29. The highest BCUT2D eigenvalue weighted by Crippen LogP contribution is 2.20. The third-order valence-electron chi connectivity index (χ3n) is 2.55. The maximum atomic E-state index is 6.29. The second kappa shape index (κ2) is 6.04. The molecule has 0 aliphatic heterocycles. The van der Waals surface area contributed by atoms with Gasteiger partial charge in [0.05, 0.1) is 15.5 Å². The lowest BCUT2D eigenvalue weighted by Crippen LogP contribution is -2.22. The summed E-state index contributed by atoms with van der Waals surface area (Å²) in [4.78, 5) is 0. The van der Waals surface area contributed by atoms with Gasteiger partial charge in [0.25, 0.3) is 0 Å². The predicted octanol–water partition coefficient (Wildman–Crippen LogP) is 3.63. The lowest BCUT2D eigenvalue weighted by atomic mass is 10.2. The molecule has 0 radical (unpaired) electrons. The SMILES string of the molecule is CC(C)NCc1ccc(-n2cc(I)cn2)cc1Cl. The normalized spacial score (nSPS) is 11.2. The van der Waals surface area contributed by atoms with E-state index in [4.69, 9.17) is 11.6 Å². The highest BCUT2D eigenvalue weighted by molar-refractivity contribution is 14.1. The Morgan fingerprint density at radius 2 is 2.22 bits per heavy atom. The quantitative estimate of drug-likeness (QED) is 0.827. The zero-order valence-corrected chi connectivity index (χ0v) is 13.2. The third kappa shape index (κ3) is 3.46. The molecule has 18 heavy (non-hydrogen) atoms. The van der Waals surface area contributed by atoms with Gasteiger partial charge in [0.2, 0.25) is 0 Å². The van der Waals surface area contributed by atoms with Crippen LogP contribution in [0.2, 0.25) is 5.02 Å². The minimum absolute atomic E-state index is 0.452. The van der Waals surface area contributed by atoms with Gasteiger partial charge in [-0.3, -0.25) is 0 Å². The van der Waals surface area contributed by atoms with Gasteiger partial charge in [-0.05, 0) is 40.3 Å². The fraction of sp³-hybridized carbons (Fsp3) is 0.308. The Kier molecular flexibility index (Phi) is 4.64. The number of nitrogens with one attached hydrogen (secondary N) is 1. The fourth-order valence-electron chi connectivity index (χ4n) is 1.58. The molecule has 1 heterocycles. The zero-order chi connectivity index (χ0) is 13.1. The molecule has 0 saturated heterocycles. The second-order valence-corrected chi connectivity index (χ2v) is 6.07. The van der Waals surface area contributed by atoms with Crippen molar-refractivity contribution in [3.63, 3.8) is 0 Å². The molecule has 2 aromatic rings. The van der Waals surface area contributed by atoms with Crippen LogP contribution in [0.15, 0.2) is 30.6 Å². The molecule has 2 rings (SSSR count). The van der Waals surface area contributed by atoms with E-state index >= 15 is 0 Å². The molecule has 0 amide bonds. The van der Waals surface area contributed by atoms with E-state index in [-0.39, 0.29) is 0 Å². The highest BCUT2D eigenvalue weighted by atomic mass is 127. The number of halogens is 2. The average Bonchev–Trinajstić information content (AvgIpc) is 2.74. The van der Waals surface area contributed by atoms with Gasteiger partial charge in [0, 0.05) is 23.8 Å². The molecule has 0 aliphatic rings. The van der Waals surface area contributed by atoms with Crippen LogP contribution in [-0.4, -0.2) is 15.8 Å². The Morgan fingerprint density at radius 3 is 2.78 bits per heavy atom. The van der Waals surface area contributed by atoms with Gasteiger partial charge in [-0.1, -0.05) is 31.5 Å². The van der Waals surface area contributed by atoms with Crippen molar-refractivity contribution in [2.45, 2.75) is 26.4 Å². The van der Waals surface area contributed by atoms with Crippen molar-refractivity contribution in [1.82, 2.24) is 15.1 Å². The molecule has 0 fully saturated rings. The summed E-state index contributed by atoms with van der Waals surface area (Å²) >= 11 is 8.52. The summed E-state index contributed by atoms with van der Waals surface area (Å²) in [7, 11) is 0. The van der Waals surface area contributed by atoms with E-state index in [1.807, 2.05) is 35.3 Å². The van der Waals surface area contributed by atoms with Gasteiger partial charge >= 0.3 is 0 Å². The molecule has 1 aromatic carbocycles. The van der Waals surface area contributed by atoms with Gasteiger partial charge in [0.1, 0.15) is 0 Å². The van der Waals surface area contributed by atoms with E-state index in [2.05, 4.69) is 46.9 Å². The van der Waals surface area contributed by atoms with Crippen molar-refractivity contribution in [3.05, 3.63) is 44.7 Å². The summed E-state index contributed by atoms with van der Waals surface area (Å²) in [5.74, 6) is 0. The van der Waals surface area contributed by atoms with Gasteiger partial charge in [-0.25, -0.2) is 4.68 Å². The summed E-state index contributed by atoms with van der Waals surface area (Å²) in [6, 6.07) is 6.48. The first-order chi connectivity index (χ1) is 8.56. The molecule has 0 unspecified atom stereocenters. The molecule has 96 valence electrons. The van der Waals surface area contributed by atoms with Crippen molar-refractivity contribution < 1.29 is 0 Å². The molecular formula is C13H15ClIN3. The Hall–Kier alpha value is -0.590. The van der Waals surface area contributed by atoms with Crippen molar-refractivity contribution in [2.75, 3.05) is 0 Å². The molecular weight excluding hydrogens is 361 g/mol. The maximum Gasteiger partial charge on any atom is 0.0661 e. The lowest BCUT2D eigenvalue weighted by Gasteiger charge is -2.10. The Morgan fingerprint density at radius 1 is 1.44 bits per heavy atom. The average molecular weight is 376 g/mol. The second-order valence-electron chi connectivity index (χ2n) is 4.41. The number of nitrogens with zero attached hydrogens (tertiary/aromatic N) is 2. The van der Waals surface area contributed by atoms with E-state index in [0.29, 0.717) is 6.04 Å². The van der Waals surface area contributed by atoms with Crippen molar-refractivity contribution in [1.29, 1.82) is 0 Å². The van der Waals surface area contributed by atoms with Crippen LogP contribution in [0.1, 0.15) is 19.4 Å². The van der Waals surface area contributed by atoms with Crippen LogP contribution in [0.4, 0.5) is 0 Å². The molecule has 0 bridgehead atoms. The Bertz CT molecular complexity index is 537. The Labute approximate surface area is 126 Å². The summed E-state index contributed by atoms with van der Waals surface area (Å²) in [5, 5.41) is 8.39. The van der Waals surface area contributed by atoms with E-state index in [0.717, 1.165) is 26.4 Å². The van der Waals surface area contributed by atoms with E-state index in [1.54, 1.807) is 0 Å². The van der Waals surface area contributed by atoms with Crippen LogP contribution in [0, 0.1) is 3.57 Å². The van der Waals surface area contributed by atoms with E-state index < -0.39 is 0 Å². The van der Waals surface area contributed by atoms with Crippen molar-refractivity contribution >= 4 is 34.2 Å². The third-order valence-corrected chi connectivity index (χ3v) is 3.46. The Balaban J connectivity index is 2.19. The van der Waals surface area contributed by atoms with Crippen LogP contribution in [0.25, 0.3) is 5.69 Å². The molecule has 3 nitrogen and oxygen atoms in total. The zero-order valence-electron chi connectivity index (χ0n) is 10.3. The number of hydrogen-bond acceptors (Lipinski definition) is 2. The number of benzene rings is 1. The number of hydrogen-bond donors (Lipinski definition) is 1. The minimum atomic E-state index is 0.452. The molecule has 1 aromatic heterocycles. The summed E-state index contributed by atoms with van der Waals surface area (Å²) in [5.41, 5.74) is 2.09. The van der Waals surface area contributed by atoms with Crippen LogP contribution in [-0.2, 0) is 6.54 Å². The standard InChI is InChI=1S/C13H15ClIN3/c1-9(2)16-6-10-3-4-12(5-13(10)14)18-8-11(15)7-17-18/h3-5,7-9,16H,6H2,1-2H3. The molecule has 0 spiro atoms. The monoisotopic (exact) mass is 375 g/mol. The first kappa shape index (κ1) is 13.8. The van der Waals surface area contributed by atoms with Crippen LogP contribution >= 0.6 is 34.2 Å². The molecule has 1 N–H and O–H groups in total. The first-order valence-corrected chi connectivity index (χ1v) is 7.24. The van der Waals surface area contributed by atoms with E-state index in [1.165, 1.54) is 0 Å². The van der Waals surface area contributed by atoms with Gasteiger partial charge in [-0.2, -0.15) is 5.10 Å². The van der Waals surface area contributed by atoms with Crippen LogP contribution < -0.4 is 5.32 Å². The largest absolute Gasteiger partial charge is 0.310 e. The predicted molar refractivity (Wildman–Crippen MR) is 83.3 cm³/mol. The molecule has 0 saturated carbocycles. The number of rotatable bonds is 4. The van der Waals surface area contributed by atoms with Gasteiger partial charge < -0.3 is 5.32 Å².